The summed E-state index contributed by atoms with van der Waals surface area (Å²) in [6.45, 7) is 7.90. The van der Waals surface area contributed by atoms with Gasteiger partial charge in [-0.2, -0.15) is 0 Å². The normalized spacial score (nSPS) is 11.8. The van der Waals surface area contributed by atoms with Crippen LogP contribution in [0.2, 0.25) is 5.02 Å². The van der Waals surface area contributed by atoms with Gasteiger partial charge in [0.2, 0.25) is 5.91 Å². The maximum Gasteiger partial charge on any atom is 0.261 e. The molecule has 5 nitrogen and oxygen atoms in total. The fourth-order valence-electron chi connectivity index (χ4n) is 3.03. The van der Waals surface area contributed by atoms with Gasteiger partial charge in [0.05, 0.1) is 0 Å². The minimum atomic E-state index is -0.571. The van der Waals surface area contributed by atoms with Crippen LogP contribution in [-0.4, -0.2) is 35.4 Å². The Kier molecular flexibility index (Phi) is 8.52. The Hall–Kier alpha value is -2.53. The van der Waals surface area contributed by atoms with Crippen LogP contribution in [0.5, 0.6) is 5.75 Å². The number of carbonyl (C=O) groups excluding carboxylic acids is 2. The third-order valence-corrected chi connectivity index (χ3v) is 4.85. The molecule has 0 aromatic heterocycles. The minimum absolute atomic E-state index is 0.00252. The SMILES string of the molecule is CC[C@H](C(=O)NC(C)C)N(Cc1ccccc1C)C(=O)COc1ccc(Cl)cc1. The number of hydrogen-bond acceptors (Lipinski definition) is 3. The summed E-state index contributed by atoms with van der Waals surface area (Å²) in [5.41, 5.74) is 2.08. The molecule has 2 aromatic carbocycles. The number of ether oxygens (including phenoxy) is 1. The van der Waals surface area contributed by atoms with Crippen molar-refractivity contribution in [3.8, 4) is 5.75 Å². The average Bonchev–Trinajstić information content (AvgIpc) is 2.68. The summed E-state index contributed by atoms with van der Waals surface area (Å²) in [5, 5.41) is 3.52. The summed E-state index contributed by atoms with van der Waals surface area (Å²) in [4.78, 5) is 27.4. The molecule has 2 rings (SSSR count). The van der Waals surface area contributed by atoms with Crippen molar-refractivity contribution in [2.75, 3.05) is 6.61 Å². The number of nitrogens with one attached hydrogen (secondary N) is 1. The van der Waals surface area contributed by atoms with Gasteiger partial charge in [0.1, 0.15) is 11.8 Å². The molecule has 0 unspecified atom stereocenters. The first-order valence-corrected chi connectivity index (χ1v) is 10.2. The predicted octanol–water partition coefficient (Wildman–Crippen LogP) is 4.36. The Morgan fingerprint density at radius 2 is 1.76 bits per heavy atom. The third-order valence-electron chi connectivity index (χ3n) is 4.59. The number of halogens is 1. The number of rotatable bonds is 9. The molecule has 0 aliphatic heterocycles. The number of aryl methyl sites for hydroxylation is 1. The molecule has 2 aromatic rings. The Labute approximate surface area is 178 Å². The molecule has 0 bridgehead atoms. The zero-order valence-corrected chi connectivity index (χ0v) is 18.2. The van der Waals surface area contributed by atoms with Crippen LogP contribution in [0.25, 0.3) is 0 Å². The smallest absolute Gasteiger partial charge is 0.261 e. The molecule has 2 amide bonds. The molecule has 1 N–H and O–H groups in total. The zero-order chi connectivity index (χ0) is 21.4. The van der Waals surface area contributed by atoms with Crippen LogP contribution in [0.15, 0.2) is 48.5 Å². The largest absolute Gasteiger partial charge is 0.484 e. The molecule has 1 atom stereocenters. The minimum Gasteiger partial charge on any atom is -0.484 e. The average molecular weight is 417 g/mol. The lowest BCUT2D eigenvalue weighted by Crippen LogP contribution is -2.51. The van der Waals surface area contributed by atoms with E-state index in [0.29, 0.717) is 23.7 Å². The van der Waals surface area contributed by atoms with Gasteiger partial charge in [-0.1, -0.05) is 42.8 Å². The second kappa shape index (κ2) is 10.9. The molecule has 156 valence electrons. The molecule has 29 heavy (non-hydrogen) atoms. The van der Waals surface area contributed by atoms with Crippen LogP contribution < -0.4 is 10.1 Å². The second-order valence-electron chi connectivity index (χ2n) is 7.28. The van der Waals surface area contributed by atoms with Gasteiger partial charge in [0.25, 0.3) is 5.91 Å². The molecular weight excluding hydrogens is 388 g/mol. The highest BCUT2D eigenvalue weighted by Gasteiger charge is 2.29. The van der Waals surface area contributed by atoms with E-state index in [-0.39, 0.29) is 24.5 Å². The summed E-state index contributed by atoms with van der Waals surface area (Å²) >= 11 is 5.89. The predicted molar refractivity (Wildman–Crippen MR) is 116 cm³/mol. The van der Waals surface area contributed by atoms with Crippen molar-refractivity contribution in [3.63, 3.8) is 0 Å². The lowest BCUT2D eigenvalue weighted by molar-refractivity contribution is -0.143. The Bertz CT molecular complexity index is 821. The number of carbonyl (C=O) groups is 2. The first-order chi connectivity index (χ1) is 13.8. The number of benzene rings is 2. The molecule has 0 saturated carbocycles. The van der Waals surface area contributed by atoms with Gasteiger partial charge in [-0.25, -0.2) is 0 Å². The topological polar surface area (TPSA) is 58.6 Å². The number of amides is 2. The zero-order valence-electron chi connectivity index (χ0n) is 17.4. The molecule has 0 aliphatic rings. The Balaban J connectivity index is 2.21. The fraction of sp³-hybridized carbons (Fsp3) is 0.391. The van der Waals surface area contributed by atoms with Crippen LogP contribution in [0.3, 0.4) is 0 Å². The highest BCUT2D eigenvalue weighted by Crippen LogP contribution is 2.18. The van der Waals surface area contributed by atoms with Gasteiger partial charge in [-0.15, -0.1) is 0 Å². The van der Waals surface area contributed by atoms with Crippen molar-refractivity contribution in [1.82, 2.24) is 10.2 Å². The molecule has 0 aliphatic carbocycles. The number of nitrogens with zero attached hydrogens (tertiary/aromatic N) is 1. The molecule has 0 spiro atoms. The second-order valence-corrected chi connectivity index (χ2v) is 7.71. The summed E-state index contributed by atoms with van der Waals surface area (Å²) in [5.74, 6) is 0.156. The highest BCUT2D eigenvalue weighted by atomic mass is 35.5. The van der Waals surface area contributed by atoms with Crippen molar-refractivity contribution in [2.45, 2.75) is 52.7 Å². The van der Waals surface area contributed by atoms with Crippen LogP contribution in [0.1, 0.15) is 38.3 Å². The van der Waals surface area contributed by atoms with Crippen molar-refractivity contribution in [1.29, 1.82) is 0 Å². The highest BCUT2D eigenvalue weighted by molar-refractivity contribution is 6.30. The van der Waals surface area contributed by atoms with Crippen LogP contribution in [0.4, 0.5) is 0 Å². The van der Waals surface area contributed by atoms with E-state index >= 15 is 0 Å². The fourth-order valence-corrected chi connectivity index (χ4v) is 3.16. The first-order valence-electron chi connectivity index (χ1n) is 9.84. The Morgan fingerprint density at radius 3 is 2.34 bits per heavy atom. The Morgan fingerprint density at radius 1 is 1.10 bits per heavy atom. The molecule has 6 heteroatoms. The van der Waals surface area contributed by atoms with E-state index in [0.717, 1.165) is 11.1 Å². The summed E-state index contributed by atoms with van der Waals surface area (Å²) in [6.07, 6.45) is 0.511. The van der Waals surface area contributed by atoms with Gasteiger partial charge < -0.3 is 15.0 Å². The summed E-state index contributed by atoms with van der Waals surface area (Å²) in [7, 11) is 0. The van der Waals surface area contributed by atoms with E-state index < -0.39 is 6.04 Å². The van der Waals surface area contributed by atoms with E-state index in [9.17, 15) is 9.59 Å². The summed E-state index contributed by atoms with van der Waals surface area (Å²) in [6, 6.07) is 14.1. The maximum absolute atomic E-state index is 13.1. The summed E-state index contributed by atoms with van der Waals surface area (Å²) < 4.78 is 5.65. The molecule has 0 heterocycles. The standard InChI is InChI=1S/C23H29ClN2O3/c1-5-21(23(28)25-16(2)3)26(14-18-9-7-6-8-17(18)4)22(27)15-29-20-12-10-19(24)11-13-20/h6-13,16,21H,5,14-15H2,1-4H3,(H,25,28)/t21-/m1/s1. The lowest BCUT2D eigenvalue weighted by Gasteiger charge is -2.31. The van der Waals surface area contributed by atoms with Crippen LogP contribution >= 0.6 is 11.6 Å². The van der Waals surface area contributed by atoms with Gasteiger partial charge in [0.15, 0.2) is 6.61 Å². The van der Waals surface area contributed by atoms with E-state index in [2.05, 4.69) is 5.32 Å². The molecular formula is C23H29ClN2O3. The van der Waals surface area contributed by atoms with E-state index in [1.165, 1.54) is 0 Å². The maximum atomic E-state index is 13.1. The quantitative estimate of drug-likeness (QED) is 0.660. The van der Waals surface area contributed by atoms with Crippen molar-refractivity contribution >= 4 is 23.4 Å². The van der Waals surface area contributed by atoms with E-state index in [1.54, 1.807) is 29.2 Å². The van der Waals surface area contributed by atoms with Crippen LogP contribution in [0, 0.1) is 6.92 Å². The van der Waals surface area contributed by atoms with Gasteiger partial charge in [-0.05, 0) is 62.6 Å². The first kappa shape index (κ1) is 22.8. The van der Waals surface area contributed by atoms with Gasteiger partial charge in [-0.3, -0.25) is 9.59 Å². The van der Waals surface area contributed by atoms with Crippen LogP contribution in [-0.2, 0) is 16.1 Å². The third kappa shape index (κ3) is 6.79. The van der Waals surface area contributed by atoms with E-state index in [4.69, 9.17) is 16.3 Å². The number of hydrogen-bond donors (Lipinski definition) is 1. The molecule has 0 fully saturated rings. The molecule has 0 saturated heterocycles. The lowest BCUT2D eigenvalue weighted by atomic mass is 10.1. The van der Waals surface area contributed by atoms with Gasteiger partial charge >= 0.3 is 0 Å². The van der Waals surface area contributed by atoms with Crippen molar-refractivity contribution in [3.05, 3.63) is 64.7 Å². The molecule has 0 radical (unpaired) electrons. The van der Waals surface area contributed by atoms with Crippen molar-refractivity contribution in [2.24, 2.45) is 0 Å². The van der Waals surface area contributed by atoms with Gasteiger partial charge in [0, 0.05) is 17.6 Å². The monoisotopic (exact) mass is 416 g/mol. The van der Waals surface area contributed by atoms with E-state index in [1.807, 2.05) is 52.0 Å². The van der Waals surface area contributed by atoms with Crippen molar-refractivity contribution < 1.29 is 14.3 Å².